The largest absolute Gasteiger partial charge is 0.477 e. The average molecular weight is 292 g/mol. The van der Waals surface area contributed by atoms with Gasteiger partial charge in [0.05, 0.1) is 5.69 Å². The Balaban J connectivity index is 2.19. The summed E-state index contributed by atoms with van der Waals surface area (Å²) >= 11 is 0. The molecule has 110 valence electrons. The van der Waals surface area contributed by atoms with Crippen molar-refractivity contribution in [2.24, 2.45) is 0 Å². The van der Waals surface area contributed by atoms with Gasteiger partial charge in [-0.3, -0.25) is 19.5 Å². The molecule has 0 aliphatic rings. The number of carboxylic acids is 1. The van der Waals surface area contributed by atoms with Gasteiger partial charge in [0.1, 0.15) is 12.2 Å². The predicted molar refractivity (Wildman–Crippen MR) is 72.4 cm³/mol. The molecule has 0 unspecified atom stereocenters. The van der Waals surface area contributed by atoms with Gasteiger partial charge in [-0.25, -0.2) is 9.48 Å². The number of aromatic nitrogens is 3. The third-order valence-electron chi connectivity index (χ3n) is 2.63. The number of H-pyrrole nitrogens is 2. The van der Waals surface area contributed by atoms with E-state index in [2.05, 4.69) is 15.4 Å². The molecule has 0 atom stereocenters. The van der Waals surface area contributed by atoms with Crippen molar-refractivity contribution in [2.75, 3.05) is 5.32 Å². The smallest absolute Gasteiger partial charge is 0.354 e. The zero-order chi connectivity index (χ0) is 15.6. The van der Waals surface area contributed by atoms with Crippen molar-refractivity contribution < 1.29 is 14.7 Å². The third-order valence-corrected chi connectivity index (χ3v) is 2.63. The van der Waals surface area contributed by atoms with E-state index in [9.17, 15) is 19.2 Å². The summed E-state index contributed by atoms with van der Waals surface area (Å²) in [5.41, 5.74) is -0.571. The van der Waals surface area contributed by atoms with Gasteiger partial charge in [0.2, 0.25) is 5.91 Å². The molecule has 2 heterocycles. The number of anilines is 1. The lowest BCUT2D eigenvalue weighted by Gasteiger charge is -2.06. The molecule has 1 amide bonds. The number of hydrogen-bond acceptors (Lipinski definition) is 4. The lowest BCUT2D eigenvalue weighted by Crippen LogP contribution is -2.33. The van der Waals surface area contributed by atoms with Gasteiger partial charge in [-0.05, 0) is 13.0 Å². The average Bonchev–Trinajstić information content (AvgIpc) is 2.75. The number of aromatic amines is 2. The molecule has 0 radical (unpaired) electrons. The summed E-state index contributed by atoms with van der Waals surface area (Å²) in [7, 11) is 0. The fraction of sp³-hybridized carbons (Fsp3) is 0.167. The molecular formula is C12H12N4O5. The summed E-state index contributed by atoms with van der Waals surface area (Å²) in [4.78, 5) is 48.0. The van der Waals surface area contributed by atoms with E-state index in [0.29, 0.717) is 5.69 Å². The van der Waals surface area contributed by atoms with Crippen LogP contribution in [0.1, 0.15) is 16.2 Å². The zero-order valence-corrected chi connectivity index (χ0v) is 11.0. The molecule has 0 bridgehead atoms. The van der Waals surface area contributed by atoms with Crippen LogP contribution in [-0.4, -0.2) is 31.7 Å². The van der Waals surface area contributed by atoms with Crippen LogP contribution in [0.2, 0.25) is 0 Å². The van der Waals surface area contributed by atoms with E-state index in [-0.39, 0.29) is 11.4 Å². The molecule has 2 rings (SSSR count). The first-order chi connectivity index (χ1) is 9.86. The first-order valence-electron chi connectivity index (χ1n) is 5.90. The SMILES string of the molecule is Cc1cc(NC(=O)Cn2[nH]c(=O)ccc2=O)c(C(=O)O)[nH]1. The van der Waals surface area contributed by atoms with Crippen LogP contribution >= 0.6 is 0 Å². The van der Waals surface area contributed by atoms with Crippen molar-refractivity contribution in [1.82, 2.24) is 14.8 Å². The highest BCUT2D eigenvalue weighted by Gasteiger charge is 2.15. The van der Waals surface area contributed by atoms with Crippen LogP contribution in [0.3, 0.4) is 0 Å². The second kappa shape index (κ2) is 5.49. The molecule has 0 fully saturated rings. The van der Waals surface area contributed by atoms with Crippen LogP contribution in [0, 0.1) is 6.92 Å². The molecule has 0 aromatic carbocycles. The molecule has 9 nitrogen and oxygen atoms in total. The Morgan fingerprint density at radius 3 is 2.71 bits per heavy atom. The van der Waals surface area contributed by atoms with Gasteiger partial charge in [0.15, 0.2) is 0 Å². The first kappa shape index (κ1) is 14.3. The number of carboxylic acid groups (broad SMARTS) is 1. The maximum Gasteiger partial charge on any atom is 0.354 e. The maximum atomic E-state index is 11.8. The lowest BCUT2D eigenvalue weighted by atomic mass is 10.3. The van der Waals surface area contributed by atoms with Crippen LogP contribution in [-0.2, 0) is 11.3 Å². The molecule has 0 spiro atoms. The Morgan fingerprint density at radius 2 is 2.05 bits per heavy atom. The Morgan fingerprint density at radius 1 is 1.33 bits per heavy atom. The molecular weight excluding hydrogens is 280 g/mol. The van der Waals surface area contributed by atoms with Crippen LogP contribution in [0.4, 0.5) is 5.69 Å². The highest BCUT2D eigenvalue weighted by atomic mass is 16.4. The van der Waals surface area contributed by atoms with E-state index in [1.54, 1.807) is 6.92 Å². The third kappa shape index (κ3) is 3.26. The van der Waals surface area contributed by atoms with Gasteiger partial charge in [0.25, 0.3) is 11.1 Å². The fourth-order valence-corrected chi connectivity index (χ4v) is 1.77. The minimum atomic E-state index is -1.22. The number of hydrogen-bond donors (Lipinski definition) is 4. The van der Waals surface area contributed by atoms with Crippen molar-refractivity contribution in [2.45, 2.75) is 13.5 Å². The van der Waals surface area contributed by atoms with Crippen molar-refractivity contribution in [3.8, 4) is 0 Å². The maximum absolute atomic E-state index is 11.8. The van der Waals surface area contributed by atoms with Crippen LogP contribution in [0.15, 0.2) is 27.8 Å². The highest BCUT2D eigenvalue weighted by molar-refractivity contribution is 5.99. The summed E-state index contributed by atoms with van der Waals surface area (Å²) in [6.45, 7) is 1.21. The van der Waals surface area contributed by atoms with Gasteiger partial charge in [-0.2, -0.15) is 0 Å². The van der Waals surface area contributed by atoms with Crippen LogP contribution in [0.25, 0.3) is 0 Å². The van der Waals surface area contributed by atoms with Crippen molar-refractivity contribution in [3.05, 3.63) is 50.3 Å². The van der Waals surface area contributed by atoms with Gasteiger partial charge >= 0.3 is 5.97 Å². The Labute approximate surface area is 117 Å². The van der Waals surface area contributed by atoms with Crippen LogP contribution < -0.4 is 16.4 Å². The molecule has 21 heavy (non-hydrogen) atoms. The summed E-state index contributed by atoms with van der Waals surface area (Å²) in [5, 5.41) is 13.6. The van der Waals surface area contributed by atoms with E-state index in [0.717, 1.165) is 16.8 Å². The molecule has 0 saturated heterocycles. The molecule has 2 aromatic heterocycles. The van der Waals surface area contributed by atoms with Gasteiger partial charge < -0.3 is 15.4 Å². The van der Waals surface area contributed by atoms with E-state index in [1.807, 2.05) is 0 Å². The topological polar surface area (TPSA) is 137 Å². The minimum absolute atomic E-state index is 0.0938. The molecule has 2 aromatic rings. The molecule has 0 saturated carbocycles. The van der Waals surface area contributed by atoms with Gasteiger partial charge in [-0.15, -0.1) is 0 Å². The van der Waals surface area contributed by atoms with E-state index < -0.39 is 29.5 Å². The zero-order valence-electron chi connectivity index (χ0n) is 11.0. The number of carbonyl (C=O) groups excluding carboxylic acids is 1. The second-order valence-corrected chi connectivity index (χ2v) is 4.33. The van der Waals surface area contributed by atoms with Crippen molar-refractivity contribution in [1.29, 1.82) is 0 Å². The molecule has 4 N–H and O–H groups in total. The number of nitrogens with zero attached hydrogens (tertiary/aromatic N) is 1. The number of amides is 1. The summed E-state index contributed by atoms with van der Waals surface area (Å²) < 4.78 is 0.831. The van der Waals surface area contributed by atoms with E-state index in [4.69, 9.17) is 5.11 Å². The van der Waals surface area contributed by atoms with Gasteiger partial charge in [-0.1, -0.05) is 0 Å². The normalized spacial score (nSPS) is 10.3. The fourth-order valence-electron chi connectivity index (χ4n) is 1.77. The predicted octanol–water partition coefficient (Wildman–Crippen LogP) is -0.490. The second-order valence-electron chi connectivity index (χ2n) is 4.33. The summed E-state index contributed by atoms with van der Waals surface area (Å²) in [5.74, 6) is -1.86. The number of aryl methyl sites for hydroxylation is 1. The quantitative estimate of drug-likeness (QED) is 0.602. The highest BCUT2D eigenvalue weighted by Crippen LogP contribution is 2.16. The molecule has 0 aliphatic heterocycles. The van der Waals surface area contributed by atoms with E-state index in [1.165, 1.54) is 6.07 Å². The van der Waals surface area contributed by atoms with Crippen LogP contribution in [0.5, 0.6) is 0 Å². The van der Waals surface area contributed by atoms with Crippen molar-refractivity contribution >= 4 is 17.6 Å². The number of carbonyl (C=O) groups is 2. The van der Waals surface area contributed by atoms with Crippen molar-refractivity contribution in [3.63, 3.8) is 0 Å². The standard InChI is InChI=1S/C12H12N4O5/c1-6-4-7(11(13-6)12(20)21)14-9(18)5-16-10(19)3-2-8(17)15-16/h2-4,13H,5H2,1H3,(H,14,18)(H,15,17)(H,20,21). The molecule has 9 heteroatoms. The number of rotatable bonds is 4. The number of aromatic carboxylic acids is 1. The summed E-state index contributed by atoms with van der Waals surface area (Å²) in [6.07, 6.45) is 0. The summed E-state index contributed by atoms with van der Waals surface area (Å²) in [6, 6.07) is 3.54. The lowest BCUT2D eigenvalue weighted by molar-refractivity contribution is -0.117. The monoisotopic (exact) mass is 292 g/mol. The molecule has 0 aliphatic carbocycles. The van der Waals surface area contributed by atoms with Gasteiger partial charge in [0, 0.05) is 17.8 Å². The first-order valence-corrected chi connectivity index (χ1v) is 5.90. The minimum Gasteiger partial charge on any atom is -0.477 e. The Kier molecular flexibility index (Phi) is 3.74. The Bertz CT molecular complexity index is 814. The number of nitrogens with one attached hydrogen (secondary N) is 3. The van der Waals surface area contributed by atoms with E-state index >= 15 is 0 Å². The Hall–Kier alpha value is -3.10.